The van der Waals surface area contributed by atoms with Crippen LogP contribution in [0.15, 0.2) is 48.5 Å². The number of anilines is 1. The molecule has 1 amide bonds. The van der Waals surface area contributed by atoms with Crippen LogP contribution in [-0.4, -0.2) is 29.1 Å². The van der Waals surface area contributed by atoms with Gasteiger partial charge in [0.15, 0.2) is 0 Å². The van der Waals surface area contributed by atoms with E-state index >= 15 is 0 Å². The normalized spacial score (nSPS) is 16.0. The molecule has 1 atom stereocenters. The second-order valence-electron chi connectivity index (χ2n) is 9.55. The fourth-order valence-corrected chi connectivity index (χ4v) is 5.13. The van der Waals surface area contributed by atoms with E-state index in [-0.39, 0.29) is 11.8 Å². The van der Waals surface area contributed by atoms with Crippen molar-refractivity contribution in [3.8, 4) is 5.75 Å². The number of hydrogen-bond acceptors (Lipinski definition) is 3. The zero-order valence-corrected chi connectivity index (χ0v) is 20.8. The summed E-state index contributed by atoms with van der Waals surface area (Å²) in [6, 6.07) is 16.1. The van der Waals surface area contributed by atoms with Crippen LogP contribution in [0.3, 0.4) is 0 Å². The lowest BCUT2D eigenvalue weighted by Crippen LogP contribution is -2.24. The fraction of sp³-hybridized carbons (Fsp3) is 0.517. The number of unbranched alkanes of at least 4 members (excludes halogenated alkanes) is 8. The number of ether oxygens (including phenoxy) is 1. The summed E-state index contributed by atoms with van der Waals surface area (Å²) < 4.78 is 7.74. The van der Waals surface area contributed by atoms with E-state index in [1.54, 1.807) is 7.11 Å². The lowest BCUT2D eigenvalue weighted by atomic mass is 10.1. The van der Waals surface area contributed by atoms with Crippen molar-refractivity contribution >= 4 is 22.6 Å². The van der Waals surface area contributed by atoms with Crippen molar-refractivity contribution in [1.29, 1.82) is 0 Å². The Labute approximate surface area is 204 Å². The van der Waals surface area contributed by atoms with Gasteiger partial charge in [0, 0.05) is 37.2 Å². The molecule has 0 bridgehead atoms. The number of aromatic nitrogens is 2. The third-order valence-electron chi connectivity index (χ3n) is 7.02. The summed E-state index contributed by atoms with van der Waals surface area (Å²) in [5.74, 6) is 2.08. The number of rotatable bonds is 13. The quantitative estimate of drug-likeness (QED) is 0.255. The van der Waals surface area contributed by atoms with Gasteiger partial charge < -0.3 is 14.2 Å². The van der Waals surface area contributed by atoms with E-state index in [2.05, 4.69) is 29.7 Å². The molecule has 0 radical (unpaired) electrons. The molecule has 5 nitrogen and oxygen atoms in total. The molecule has 3 aromatic rings. The Hall–Kier alpha value is -2.82. The van der Waals surface area contributed by atoms with Gasteiger partial charge in [0.2, 0.25) is 5.91 Å². The number of aryl methyl sites for hydroxylation is 1. The van der Waals surface area contributed by atoms with Gasteiger partial charge in [0.05, 0.1) is 18.1 Å². The number of carbonyl (C=O) groups excluding carboxylic acids is 1. The minimum atomic E-state index is 0.102. The van der Waals surface area contributed by atoms with Crippen LogP contribution >= 0.6 is 0 Å². The molecule has 0 aliphatic carbocycles. The molecule has 0 spiro atoms. The van der Waals surface area contributed by atoms with Crippen molar-refractivity contribution in [2.45, 2.75) is 83.6 Å². The highest BCUT2D eigenvalue weighted by Crippen LogP contribution is 2.34. The monoisotopic (exact) mass is 461 g/mol. The van der Waals surface area contributed by atoms with Crippen LogP contribution in [0.1, 0.15) is 82.9 Å². The summed E-state index contributed by atoms with van der Waals surface area (Å²) in [5.41, 5.74) is 3.11. The zero-order valence-electron chi connectivity index (χ0n) is 20.8. The highest BCUT2D eigenvalue weighted by Gasteiger charge is 2.34. The van der Waals surface area contributed by atoms with Gasteiger partial charge in [0.25, 0.3) is 0 Å². The Morgan fingerprint density at radius 1 is 0.941 bits per heavy atom. The van der Waals surface area contributed by atoms with E-state index in [1.807, 2.05) is 35.2 Å². The first-order valence-electron chi connectivity index (χ1n) is 13.1. The lowest BCUT2D eigenvalue weighted by molar-refractivity contribution is -0.117. The van der Waals surface area contributed by atoms with E-state index in [0.717, 1.165) is 35.7 Å². The van der Waals surface area contributed by atoms with E-state index < -0.39 is 0 Å². The second kappa shape index (κ2) is 12.0. The highest BCUT2D eigenvalue weighted by atomic mass is 16.5. The van der Waals surface area contributed by atoms with E-state index in [1.165, 1.54) is 56.9 Å². The van der Waals surface area contributed by atoms with Crippen molar-refractivity contribution in [3.63, 3.8) is 0 Å². The van der Waals surface area contributed by atoms with E-state index in [4.69, 9.17) is 9.72 Å². The van der Waals surface area contributed by atoms with Gasteiger partial charge in [-0.05, 0) is 30.7 Å². The maximum atomic E-state index is 13.0. The molecule has 1 aliphatic rings. The number of benzene rings is 2. The standard InChI is InChI=1S/C29H39N3O2/c1-3-4-5-6-7-8-9-10-13-19-31-27-18-12-11-17-26(27)30-29(31)23-20-28(33)32(22-23)24-15-14-16-25(21-24)34-2/h11-12,14-18,21,23H,3-10,13,19-20,22H2,1-2H3. The molecule has 1 fully saturated rings. The molecule has 0 saturated carbocycles. The largest absolute Gasteiger partial charge is 0.497 e. The molecular weight excluding hydrogens is 422 g/mol. The number of nitrogens with zero attached hydrogens (tertiary/aromatic N) is 3. The molecule has 0 N–H and O–H groups in total. The van der Waals surface area contributed by atoms with Crippen LogP contribution in [0.5, 0.6) is 5.75 Å². The predicted octanol–water partition coefficient (Wildman–Crippen LogP) is 7.10. The SMILES string of the molecule is CCCCCCCCCCCn1c(C2CC(=O)N(c3cccc(OC)c3)C2)nc2ccccc21. The molecule has 34 heavy (non-hydrogen) atoms. The van der Waals surface area contributed by atoms with Gasteiger partial charge in [-0.25, -0.2) is 4.98 Å². The third-order valence-corrected chi connectivity index (χ3v) is 7.02. The Balaban J connectivity index is 1.41. The highest BCUT2D eigenvalue weighted by molar-refractivity contribution is 5.96. The minimum Gasteiger partial charge on any atom is -0.497 e. The summed E-state index contributed by atoms with van der Waals surface area (Å²) >= 11 is 0. The third kappa shape index (κ3) is 5.81. The van der Waals surface area contributed by atoms with Crippen molar-refractivity contribution in [2.75, 3.05) is 18.6 Å². The Morgan fingerprint density at radius 2 is 1.68 bits per heavy atom. The van der Waals surface area contributed by atoms with E-state index in [0.29, 0.717) is 13.0 Å². The zero-order chi connectivity index (χ0) is 23.8. The summed E-state index contributed by atoms with van der Waals surface area (Å²) in [6.07, 6.45) is 12.4. The molecule has 1 saturated heterocycles. The number of amides is 1. The topological polar surface area (TPSA) is 47.4 Å². The van der Waals surface area contributed by atoms with Crippen molar-refractivity contribution in [2.24, 2.45) is 0 Å². The van der Waals surface area contributed by atoms with Gasteiger partial charge in [-0.15, -0.1) is 0 Å². The van der Waals surface area contributed by atoms with Crippen molar-refractivity contribution in [3.05, 3.63) is 54.4 Å². The number of methoxy groups -OCH3 is 1. The van der Waals surface area contributed by atoms with Gasteiger partial charge >= 0.3 is 0 Å². The van der Waals surface area contributed by atoms with Crippen molar-refractivity contribution < 1.29 is 9.53 Å². The second-order valence-corrected chi connectivity index (χ2v) is 9.55. The Kier molecular flexibility index (Phi) is 8.62. The van der Waals surface area contributed by atoms with Crippen molar-refractivity contribution in [1.82, 2.24) is 9.55 Å². The lowest BCUT2D eigenvalue weighted by Gasteiger charge is -2.18. The average molecular weight is 462 g/mol. The Bertz CT molecular complexity index is 1070. The summed E-state index contributed by atoms with van der Waals surface area (Å²) in [6.45, 7) is 3.90. The average Bonchev–Trinajstić information content (AvgIpc) is 3.43. The molecule has 1 unspecified atom stereocenters. The van der Waals surface area contributed by atoms with Crippen LogP contribution in [0, 0.1) is 0 Å². The van der Waals surface area contributed by atoms with Gasteiger partial charge in [-0.1, -0.05) is 76.5 Å². The smallest absolute Gasteiger partial charge is 0.227 e. The molecule has 1 aliphatic heterocycles. The molecule has 2 heterocycles. The Morgan fingerprint density at radius 3 is 2.44 bits per heavy atom. The molecule has 5 heteroatoms. The van der Waals surface area contributed by atoms with Crippen LogP contribution < -0.4 is 9.64 Å². The van der Waals surface area contributed by atoms with Crippen LogP contribution in [-0.2, 0) is 11.3 Å². The summed E-state index contributed by atoms with van der Waals surface area (Å²) in [5, 5.41) is 0. The van der Waals surface area contributed by atoms with Crippen LogP contribution in [0.4, 0.5) is 5.69 Å². The van der Waals surface area contributed by atoms with Gasteiger partial charge in [-0.2, -0.15) is 0 Å². The predicted molar refractivity (Wildman–Crippen MR) is 140 cm³/mol. The molecular formula is C29H39N3O2. The van der Waals surface area contributed by atoms with E-state index in [9.17, 15) is 4.79 Å². The maximum Gasteiger partial charge on any atom is 0.227 e. The first-order valence-corrected chi connectivity index (χ1v) is 13.1. The number of para-hydroxylation sites is 2. The van der Waals surface area contributed by atoms with Crippen LogP contribution in [0.25, 0.3) is 11.0 Å². The van der Waals surface area contributed by atoms with Gasteiger partial charge in [0.1, 0.15) is 11.6 Å². The molecule has 182 valence electrons. The minimum absolute atomic E-state index is 0.102. The maximum absolute atomic E-state index is 13.0. The number of carbonyl (C=O) groups is 1. The molecule has 1 aromatic heterocycles. The summed E-state index contributed by atoms with van der Waals surface area (Å²) in [7, 11) is 1.66. The molecule has 4 rings (SSSR count). The first-order chi connectivity index (χ1) is 16.7. The molecule has 2 aromatic carbocycles. The number of fused-ring (bicyclic) bond motifs is 1. The summed E-state index contributed by atoms with van der Waals surface area (Å²) in [4.78, 5) is 19.9. The van der Waals surface area contributed by atoms with Gasteiger partial charge in [-0.3, -0.25) is 4.79 Å². The number of imidazole rings is 1. The fourth-order valence-electron chi connectivity index (χ4n) is 5.13. The first kappa shape index (κ1) is 24.3. The van der Waals surface area contributed by atoms with Crippen LogP contribution in [0.2, 0.25) is 0 Å². The number of hydrogen-bond donors (Lipinski definition) is 0.